The van der Waals surface area contributed by atoms with E-state index in [0.717, 1.165) is 0 Å². The number of carbonyl (C=O) groups excluding carboxylic acids is 1. The maximum Gasteiger partial charge on any atom is 0.364 e. The molecule has 12 heteroatoms. The van der Waals surface area contributed by atoms with Crippen molar-refractivity contribution in [2.45, 2.75) is 68.1 Å². The lowest BCUT2D eigenvalue weighted by Crippen LogP contribution is -2.67. The molecular weight excluding hydrogens is 354 g/mol. The Morgan fingerprint density at radius 2 is 1.96 bits per heavy atom. The van der Waals surface area contributed by atoms with Gasteiger partial charge in [0.05, 0.1) is 18.8 Å². The van der Waals surface area contributed by atoms with E-state index in [1.54, 1.807) is 6.92 Å². The Hall–Kier alpha value is -1.70. The number of nitrogens with zero attached hydrogens (tertiary/aromatic N) is 2. The molecule has 0 bridgehead atoms. The van der Waals surface area contributed by atoms with Crippen molar-refractivity contribution in [3.8, 4) is 0 Å². The molecule has 0 spiro atoms. The Morgan fingerprint density at radius 1 is 1.35 bits per heavy atom. The molecule has 0 aromatic rings. The van der Waals surface area contributed by atoms with Gasteiger partial charge in [0.25, 0.3) is 5.79 Å². The molecule has 2 heterocycles. The largest absolute Gasteiger partial charge is 0.477 e. The summed E-state index contributed by atoms with van der Waals surface area (Å²) < 4.78 is 4.98. The highest BCUT2D eigenvalue weighted by Gasteiger charge is 2.54. The van der Waals surface area contributed by atoms with Crippen molar-refractivity contribution in [1.82, 2.24) is 5.32 Å². The number of rotatable bonds is 8. The van der Waals surface area contributed by atoms with E-state index in [1.165, 1.54) is 0 Å². The molecule has 0 aliphatic carbocycles. The van der Waals surface area contributed by atoms with E-state index in [-0.39, 0.29) is 6.42 Å². The number of carboxylic acid groups (broad SMARTS) is 1. The van der Waals surface area contributed by atoms with Crippen LogP contribution >= 0.6 is 0 Å². The zero-order chi connectivity index (χ0) is 19.7. The zero-order valence-electron chi connectivity index (χ0n) is 14.0. The maximum absolute atomic E-state index is 12.1. The van der Waals surface area contributed by atoms with Crippen molar-refractivity contribution < 1.29 is 45.0 Å². The van der Waals surface area contributed by atoms with Crippen LogP contribution in [0.4, 0.5) is 0 Å². The van der Waals surface area contributed by atoms with E-state index in [4.69, 9.17) is 14.9 Å². The second kappa shape index (κ2) is 7.50. The van der Waals surface area contributed by atoms with Crippen LogP contribution in [0, 0.1) is 0 Å². The Morgan fingerprint density at radius 3 is 2.46 bits per heavy atom. The van der Waals surface area contributed by atoms with Gasteiger partial charge in [-0.25, -0.2) is 4.79 Å². The summed E-state index contributed by atoms with van der Waals surface area (Å²) in [5, 5.41) is 67.9. The molecule has 2 rings (SSSR count). The molecule has 148 valence electrons. The van der Waals surface area contributed by atoms with Crippen molar-refractivity contribution in [2.75, 3.05) is 6.61 Å². The Bertz CT molecular complexity index is 580. The lowest BCUT2D eigenvalue weighted by atomic mass is 9.88. The minimum Gasteiger partial charge on any atom is -0.477 e. The normalized spacial score (nSPS) is 34.8. The number of carboxylic acids is 1. The van der Waals surface area contributed by atoms with Gasteiger partial charge >= 0.3 is 5.97 Å². The van der Waals surface area contributed by atoms with Crippen LogP contribution in [0.3, 0.4) is 0 Å². The first-order valence-electron chi connectivity index (χ1n) is 8.03. The highest BCUT2D eigenvalue weighted by atomic mass is 16.7. The van der Waals surface area contributed by atoms with Crippen molar-refractivity contribution in [2.24, 2.45) is 10.2 Å². The molecule has 6 atom stereocenters. The number of hydrogen-bond acceptors (Lipinski definition) is 10. The number of hydrogen-bond donors (Lipinski definition) is 7. The summed E-state index contributed by atoms with van der Waals surface area (Å²) in [6.07, 6.45) is -7.37. The average Bonchev–Trinajstić information content (AvgIpc) is 3.31. The molecule has 1 fully saturated rings. The Kier molecular flexibility index (Phi) is 5.95. The lowest BCUT2D eigenvalue weighted by molar-refractivity contribution is -0.295. The topological polar surface area (TPSA) is 202 Å². The SMILES string of the molecule is CC1(CCC(=O)NC2C(O)C[C@](O)(C(=O)O)OC2C(O)C(O)CO)N=N1. The van der Waals surface area contributed by atoms with Gasteiger partial charge in [-0.1, -0.05) is 0 Å². The summed E-state index contributed by atoms with van der Waals surface area (Å²) in [4.78, 5) is 23.3. The minimum absolute atomic E-state index is 0.0126. The molecule has 0 radical (unpaired) electrons. The number of carbonyl (C=O) groups is 2. The van der Waals surface area contributed by atoms with Crippen molar-refractivity contribution in [3.63, 3.8) is 0 Å². The third kappa shape index (κ3) is 4.52. The van der Waals surface area contributed by atoms with Crippen LogP contribution in [0.15, 0.2) is 10.2 Å². The summed E-state index contributed by atoms with van der Waals surface area (Å²) in [5.41, 5.74) is -0.616. The average molecular weight is 377 g/mol. The molecule has 1 saturated heterocycles. The first-order valence-corrected chi connectivity index (χ1v) is 8.03. The molecule has 0 aromatic carbocycles. The van der Waals surface area contributed by atoms with E-state index in [9.17, 15) is 30.0 Å². The predicted octanol–water partition coefficient (Wildman–Crippen LogP) is -2.93. The molecule has 12 nitrogen and oxygen atoms in total. The minimum atomic E-state index is -2.82. The van der Waals surface area contributed by atoms with Crippen LogP contribution in [0.1, 0.15) is 26.2 Å². The fourth-order valence-electron chi connectivity index (χ4n) is 2.69. The van der Waals surface area contributed by atoms with Crippen LogP contribution in [0.2, 0.25) is 0 Å². The van der Waals surface area contributed by atoms with Gasteiger partial charge in [0.1, 0.15) is 18.3 Å². The molecular formula is C14H23N3O9. The fraction of sp³-hybridized carbons (Fsp3) is 0.857. The lowest BCUT2D eigenvalue weighted by Gasteiger charge is -2.44. The maximum atomic E-state index is 12.1. The fourth-order valence-corrected chi connectivity index (χ4v) is 2.69. The van der Waals surface area contributed by atoms with Crippen LogP contribution in [0.5, 0.6) is 0 Å². The van der Waals surface area contributed by atoms with Gasteiger partial charge < -0.3 is 40.7 Å². The Labute approximate surface area is 148 Å². The predicted molar refractivity (Wildman–Crippen MR) is 81.6 cm³/mol. The van der Waals surface area contributed by atoms with E-state index in [2.05, 4.69) is 15.5 Å². The van der Waals surface area contributed by atoms with Crippen LogP contribution in [0.25, 0.3) is 0 Å². The summed E-state index contributed by atoms with van der Waals surface area (Å²) in [7, 11) is 0. The number of amides is 1. The molecule has 1 amide bonds. The number of aliphatic hydroxyl groups is 5. The van der Waals surface area contributed by atoms with Crippen LogP contribution in [-0.4, -0.2) is 91.0 Å². The second-order valence-electron chi connectivity index (χ2n) is 6.69. The number of nitrogens with one attached hydrogen (secondary N) is 1. The first kappa shape index (κ1) is 20.6. The van der Waals surface area contributed by atoms with Gasteiger partial charge in [0, 0.05) is 19.3 Å². The molecule has 0 saturated carbocycles. The van der Waals surface area contributed by atoms with Crippen LogP contribution < -0.4 is 5.32 Å². The molecule has 0 aromatic heterocycles. The van der Waals surface area contributed by atoms with Gasteiger partial charge in [-0.3, -0.25) is 4.79 Å². The van der Waals surface area contributed by atoms with Crippen molar-refractivity contribution in [1.29, 1.82) is 0 Å². The highest BCUT2D eigenvalue weighted by molar-refractivity contribution is 5.77. The zero-order valence-corrected chi connectivity index (χ0v) is 14.0. The van der Waals surface area contributed by atoms with E-state index in [0.29, 0.717) is 6.42 Å². The second-order valence-corrected chi connectivity index (χ2v) is 6.69. The van der Waals surface area contributed by atoms with Gasteiger partial charge in [0.15, 0.2) is 5.66 Å². The van der Waals surface area contributed by atoms with Gasteiger partial charge in [0.2, 0.25) is 5.91 Å². The molecule has 2 aliphatic heterocycles. The summed E-state index contributed by atoms with van der Waals surface area (Å²) in [6.45, 7) is 0.834. The summed E-state index contributed by atoms with van der Waals surface area (Å²) in [5.74, 6) is -5.17. The molecule has 7 N–H and O–H groups in total. The van der Waals surface area contributed by atoms with Crippen molar-refractivity contribution >= 4 is 11.9 Å². The monoisotopic (exact) mass is 377 g/mol. The smallest absolute Gasteiger partial charge is 0.364 e. The summed E-state index contributed by atoms with van der Waals surface area (Å²) >= 11 is 0. The van der Waals surface area contributed by atoms with E-state index >= 15 is 0 Å². The number of aliphatic carboxylic acids is 1. The standard InChI is InChI=1S/C14H23N3O9/c1-13(16-17-13)3-2-8(21)15-9-6(19)4-14(25,12(23)24)26-11(9)10(22)7(20)5-18/h6-7,9-11,18-20,22,25H,2-5H2,1H3,(H,15,21)(H,23,24)/t6?,7?,9?,10?,11?,14-/m1/s1. The quantitative estimate of drug-likeness (QED) is 0.231. The van der Waals surface area contributed by atoms with Crippen molar-refractivity contribution in [3.05, 3.63) is 0 Å². The number of aliphatic hydroxyl groups excluding tert-OH is 4. The highest BCUT2D eigenvalue weighted by Crippen LogP contribution is 2.33. The first-order chi connectivity index (χ1) is 12.0. The van der Waals surface area contributed by atoms with E-state index in [1.807, 2.05) is 0 Å². The Balaban J connectivity index is 2.11. The van der Waals surface area contributed by atoms with E-state index < -0.39 is 66.8 Å². The summed E-state index contributed by atoms with van der Waals surface area (Å²) in [6, 6.07) is -1.32. The molecule has 2 aliphatic rings. The third-order valence-electron chi connectivity index (χ3n) is 4.43. The van der Waals surface area contributed by atoms with Crippen LogP contribution in [-0.2, 0) is 14.3 Å². The third-order valence-corrected chi connectivity index (χ3v) is 4.43. The van der Waals surface area contributed by atoms with Gasteiger partial charge in [-0.2, -0.15) is 10.2 Å². The van der Waals surface area contributed by atoms with Gasteiger partial charge in [-0.15, -0.1) is 0 Å². The molecule has 26 heavy (non-hydrogen) atoms. The number of ether oxygens (including phenoxy) is 1. The molecule has 5 unspecified atom stereocenters. The van der Waals surface area contributed by atoms with Gasteiger partial charge in [-0.05, 0) is 6.92 Å².